The monoisotopic (exact) mass is 420 g/mol. The fourth-order valence-electron chi connectivity index (χ4n) is 2.32. The minimum atomic E-state index is -3.64. The van der Waals surface area contributed by atoms with Crippen molar-refractivity contribution in [1.82, 2.24) is 20.2 Å². The number of nitrogens with zero attached hydrogens (tertiary/aromatic N) is 2. The average Bonchev–Trinajstić information content (AvgIpc) is 3.16. The van der Waals surface area contributed by atoms with Crippen molar-refractivity contribution < 1.29 is 17.7 Å². The van der Waals surface area contributed by atoms with Gasteiger partial charge in [-0.05, 0) is 24.3 Å². The standard InChI is InChI=1S/C18H17ClN4O4S/c19-14-6-4-5-13(11-14)18-22-17(27-23-18)12-20-16(24)9-10-21-28(25,26)15-7-2-1-3-8-15/h1-8,11,21H,9-10,12H2,(H,20,24). The number of halogens is 1. The quantitative estimate of drug-likeness (QED) is 0.578. The van der Waals surface area contributed by atoms with Crippen LogP contribution in [0.25, 0.3) is 11.4 Å². The first-order valence-corrected chi connectivity index (χ1v) is 10.2. The van der Waals surface area contributed by atoms with Crippen molar-refractivity contribution >= 4 is 27.5 Å². The summed E-state index contributed by atoms with van der Waals surface area (Å²) in [5, 5.41) is 7.00. The number of hydrogen-bond donors (Lipinski definition) is 2. The molecule has 0 aliphatic rings. The van der Waals surface area contributed by atoms with E-state index >= 15 is 0 Å². The fourth-order valence-corrected chi connectivity index (χ4v) is 3.56. The summed E-state index contributed by atoms with van der Waals surface area (Å²) in [5.41, 5.74) is 0.698. The Morgan fingerprint density at radius 2 is 1.89 bits per heavy atom. The summed E-state index contributed by atoms with van der Waals surface area (Å²) in [6.07, 6.45) is -0.0264. The SMILES string of the molecule is O=C(CCNS(=O)(=O)c1ccccc1)NCc1nc(-c2cccc(Cl)c2)no1. The van der Waals surface area contributed by atoms with Crippen LogP contribution < -0.4 is 10.0 Å². The van der Waals surface area contributed by atoms with E-state index in [0.29, 0.717) is 16.4 Å². The molecule has 10 heteroatoms. The Hall–Kier alpha value is -2.75. The molecule has 0 unspecified atom stereocenters. The zero-order valence-corrected chi connectivity index (χ0v) is 16.2. The van der Waals surface area contributed by atoms with E-state index in [1.165, 1.54) is 12.1 Å². The van der Waals surface area contributed by atoms with E-state index in [4.69, 9.17) is 16.1 Å². The molecule has 0 saturated heterocycles. The summed E-state index contributed by atoms with van der Waals surface area (Å²) >= 11 is 5.93. The molecular formula is C18H17ClN4O4S. The van der Waals surface area contributed by atoms with E-state index in [1.54, 1.807) is 42.5 Å². The van der Waals surface area contributed by atoms with E-state index in [9.17, 15) is 13.2 Å². The molecule has 1 amide bonds. The highest BCUT2D eigenvalue weighted by Crippen LogP contribution is 2.19. The molecule has 28 heavy (non-hydrogen) atoms. The molecule has 1 aromatic heterocycles. The highest BCUT2D eigenvalue weighted by molar-refractivity contribution is 7.89. The molecule has 0 spiro atoms. The maximum Gasteiger partial charge on any atom is 0.246 e. The molecule has 0 aliphatic heterocycles. The van der Waals surface area contributed by atoms with Crippen molar-refractivity contribution in [3.8, 4) is 11.4 Å². The number of amides is 1. The van der Waals surface area contributed by atoms with Crippen molar-refractivity contribution in [2.45, 2.75) is 17.9 Å². The van der Waals surface area contributed by atoms with Crippen molar-refractivity contribution in [2.75, 3.05) is 6.54 Å². The lowest BCUT2D eigenvalue weighted by Crippen LogP contribution is -2.30. The van der Waals surface area contributed by atoms with Crippen LogP contribution in [-0.2, 0) is 21.4 Å². The largest absolute Gasteiger partial charge is 0.347 e. The van der Waals surface area contributed by atoms with Crippen LogP contribution in [-0.4, -0.2) is 31.0 Å². The zero-order chi connectivity index (χ0) is 20.0. The summed E-state index contributed by atoms with van der Waals surface area (Å²) in [4.78, 5) is 16.2. The van der Waals surface area contributed by atoms with Gasteiger partial charge in [-0.15, -0.1) is 0 Å². The molecule has 0 radical (unpaired) electrons. The van der Waals surface area contributed by atoms with Crippen LogP contribution >= 0.6 is 11.6 Å². The smallest absolute Gasteiger partial charge is 0.246 e. The number of benzene rings is 2. The van der Waals surface area contributed by atoms with Crippen LogP contribution in [0.1, 0.15) is 12.3 Å². The van der Waals surface area contributed by atoms with Gasteiger partial charge in [0.25, 0.3) is 0 Å². The molecule has 2 aromatic carbocycles. The van der Waals surface area contributed by atoms with Gasteiger partial charge in [0.05, 0.1) is 11.4 Å². The molecule has 3 rings (SSSR count). The summed E-state index contributed by atoms with van der Waals surface area (Å²) in [5.74, 6) is 0.244. The van der Waals surface area contributed by atoms with E-state index in [1.807, 2.05) is 0 Å². The predicted octanol–water partition coefficient (Wildman–Crippen LogP) is 2.37. The van der Waals surface area contributed by atoms with E-state index in [-0.39, 0.29) is 36.2 Å². The van der Waals surface area contributed by atoms with Crippen molar-refractivity contribution in [3.63, 3.8) is 0 Å². The van der Waals surface area contributed by atoms with Crippen LogP contribution in [0.3, 0.4) is 0 Å². The lowest BCUT2D eigenvalue weighted by Gasteiger charge is -2.06. The third kappa shape index (κ3) is 5.38. The minimum absolute atomic E-state index is 0.0264. The number of hydrogen-bond acceptors (Lipinski definition) is 6. The first-order chi connectivity index (χ1) is 13.4. The molecular weight excluding hydrogens is 404 g/mol. The molecule has 146 valence electrons. The van der Waals surface area contributed by atoms with Crippen LogP contribution in [0.4, 0.5) is 0 Å². The molecule has 0 saturated carbocycles. The van der Waals surface area contributed by atoms with Gasteiger partial charge >= 0.3 is 0 Å². The number of nitrogens with one attached hydrogen (secondary N) is 2. The average molecular weight is 421 g/mol. The summed E-state index contributed by atoms with van der Waals surface area (Å²) in [6.45, 7) is 0.0124. The Morgan fingerprint density at radius 1 is 1.11 bits per heavy atom. The Morgan fingerprint density at radius 3 is 2.64 bits per heavy atom. The number of aromatic nitrogens is 2. The Labute approximate surface area is 167 Å². The van der Waals surface area contributed by atoms with Crippen molar-refractivity contribution in [2.24, 2.45) is 0 Å². The molecule has 1 heterocycles. The maximum atomic E-state index is 12.1. The molecule has 3 aromatic rings. The first-order valence-electron chi connectivity index (χ1n) is 8.34. The lowest BCUT2D eigenvalue weighted by molar-refractivity contribution is -0.121. The van der Waals surface area contributed by atoms with Crippen LogP contribution in [0, 0.1) is 0 Å². The summed E-state index contributed by atoms with van der Waals surface area (Å²) < 4.78 is 31.6. The van der Waals surface area contributed by atoms with Crippen molar-refractivity contribution in [3.05, 3.63) is 65.5 Å². The third-order valence-corrected chi connectivity index (χ3v) is 5.40. The molecule has 2 N–H and O–H groups in total. The van der Waals surface area contributed by atoms with Gasteiger partial charge in [-0.1, -0.05) is 47.1 Å². The maximum absolute atomic E-state index is 12.1. The van der Waals surface area contributed by atoms with Gasteiger partial charge in [0.1, 0.15) is 0 Å². The number of carbonyl (C=O) groups excluding carboxylic acids is 1. The zero-order valence-electron chi connectivity index (χ0n) is 14.6. The van der Waals surface area contributed by atoms with Gasteiger partial charge in [0, 0.05) is 23.6 Å². The second-order valence-corrected chi connectivity index (χ2v) is 7.96. The second kappa shape index (κ2) is 8.96. The van der Waals surface area contributed by atoms with E-state index in [2.05, 4.69) is 20.2 Å². The van der Waals surface area contributed by atoms with Gasteiger partial charge in [-0.25, -0.2) is 13.1 Å². The van der Waals surface area contributed by atoms with Gasteiger partial charge in [0.15, 0.2) is 0 Å². The Kier molecular flexibility index (Phi) is 6.40. The summed E-state index contributed by atoms with van der Waals surface area (Å²) in [7, 11) is -3.64. The van der Waals surface area contributed by atoms with E-state index < -0.39 is 10.0 Å². The number of rotatable bonds is 8. The lowest BCUT2D eigenvalue weighted by atomic mass is 10.2. The number of sulfonamides is 1. The van der Waals surface area contributed by atoms with E-state index in [0.717, 1.165) is 0 Å². The van der Waals surface area contributed by atoms with Gasteiger partial charge in [-0.2, -0.15) is 4.98 Å². The highest BCUT2D eigenvalue weighted by atomic mass is 35.5. The second-order valence-electron chi connectivity index (χ2n) is 5.76. The van der Waals surface area contributed by atoms with Gasteiger partial charge < -0.3 is 9.84 Å². The molecule has 0 aliphatic carbocycles. The summed E-state index contributed by atoms with van der Waals surface area (Å²) in [6, 6.07) is 14.9. The molecule has 0 bridgehead atoms. The minimum Gasteiger partial charge on any atom is -0.347 e. The molecule has 0 fully saturated rings. The normalized spacial score (nSPS) is 11.3. The highest BCUT2D eigenvalue weighted by Gasteiger charge is 2.14. The Bertz CT molecular complexity index is 1050. The van der Waals surface area contributed by atoms with Crippen LogP contribution in [0.15, 0.2) is 64.0 Å². The topological polar surface area (TPSA) is 114 Å². The first kappa shape index (κ1) is 20.0. The third-order valence-electron chi connectivity index (χ3n) is 3.69. The van der Waals surface area contributed by atoms with Gasteiger partial charge in [-0.3, -0.25) is 4.79 Å². The molecule has 8 nitrogen and oxygen atoms in total. The van der Waals surface area contributed by atoms with Crippen molar-refractivity contribution in [1.29, 1.82) is 0 Å². The van der Waals surface area contributed by atoms with Crippen LogP contribution in [0.2, 0.25) is 5.02 Å². The Balaban J connectivity index is 1.46. The number of carbonyl (C=O) groups is 1. The van der Waals surface area contributed by atoms with Crippen LogP contribution in [0.5, 0.6) is 0 Å². The fraction of sp³-hybridized carbons (Fsp3) is 0.167. The van der Waals surface area contributed by atoms with Gasteiger partial charge in [0.2, 0.25) is 27.6 Å². The molecule has 0 atom stereocenters. The predicted molar refractivity (Wildman–Crippen MR) is 103 cm³/mol.